The highest BCUT2D eigenvalue weighted by Gasteiger charge is 2.21. The maximum absolute atomic E-state index is 12.0. The molecule has 1 aromatic rings. The van der Waals surface area contributed by atoms with Crippen molar-refractivity contribution in [3.05, 3.63) is 34.0 Å². The van der Waals surface area contributed by atoms with Crippen molar-refractivity contribution < 1.29 is 9.59 Å². The number of piperidine rings is 1. The van der Waals surface area contributed by atoms with Crippen LogP contribution >= 0.6 is 11.3 Å². The summed E-state index contributed by atoms with van der Waals surface area (Å²) >= 11 is 1.80. The highest BCUT2D eigenvalue weighted by Crippen LogP contribution is 2.20. The SMILES string of the molecule is O=C(NCCC1=CCCCC1)C(=O)NCC1CCN(Cc2cccs2)CC1. The summed E-state index contributed by atoms with van der Waals surface area (Å²) in [6, 6.07) is 4.28. The first-order valence-corrected chi connectivity index (χ1v) is 11.1. The van der Waals surface area contributed by atoms with Crippen molar-refractivity contribution in [1.82, 2.24) is 15.5 Å². The number of rotatable bonds is 7. The third-order valence-corrected chi connectivity index (χ3v) is 6.40. The molecule has 148 valence electrons. The number of thiophene rings is 1. The van der Waals surface area contributed by atoms with Crippen LogP contribution in [0.5, 0.6) is 0 Å². The molecule has 27 heavy (non-hydrogen) atoms. The smallest absolute Gasteiger partial charge is 0.309 e. The van der Waals surface area contributed by atoms with Gasteiger partial charge >= 0.3 is 11.8 Å². The van der Waals surface area contributed by atoms with E-state index in [1.807, 2.05) is 0 Å². The summed E-state index contributed by atoms with van der Waals surface area (Å²) in [6.07, 6.45) is 10.1. The molecule has 2 heterocycles. The number of carbonyl (C=O) groups excluding carboxylic acids is 2. The van der Waals surface area contributed by atoms with Crippen molar-refractivity contribution >= 4 is 23.2 Å². The lowest BCUT2D eigenvalue weighted by atomic mass is 9.96. The summed E-state index contributed by atoms with van der Waals surface area (Å²) in [5.74, 6) is -0.524. The Morgan fingerprint density at radius 1 is 1.15 bits per heavy atom. The molecule has 2 aliphatic rings. The van der Waals surface area contributed by atoms with Crippen LogP contribution in [0.15, 0.2) is 29.2 Å². The minimum absolute atomic E-state index is 0.466. The number of likely N-dealkylation sites (tertiary alicyclic amines) is 1. The first kappa shape index (κ1) is 20.1. The zero-order valence-electron chi connectivity index (χ0n) is 16.0. The number of hydrogen-bond donors (Lipinski definition) is 2. The van der Waals surface area contributed by atoms with Crippen molar-refractivity contribution in [2.45, 2.75) is 51.5 Å². The van der Waals surface area contributed by atoms with Crippen molar-refractivity contribution in [2.75, 3.05) is 26.2 Å². The number of amides is 2. The van der Waals surface area contributed by atoms with Gasteiger partial charge in [0.15, 0.2) is 0 Å². The summed E-state index contributed by atoms with van der Waals surface area (Å²) < 4.78 is 0. The van der Waals surface area contributed by atoms with Crippen LogP contribution in [-0.2, 0) is 16.1 Å². The van der Waals surface area contributed by atoms with Crippen molar-refractivity contribution in [3.63, 3.8) is 0 Å². The molecule has 1 aromatic heterocycles. The molecule has 1 aliphatic carbocycles. The van der Waals surface area contributed by atoms with E-state index in [0.29, 0.717) is 19.0 Å². The lowest BCUT2D eigenvalue weighted by Gasteiger charge is -2.31. The molecule has 0 radical (unpaired) electrons. The molecule has 0 saturated carbocycles. The van der Waals surface area contributed by atoms with Gasteiger partial charge in [-0.25, -0.2) is 0 Å². The van der Waals surface area contributed by atoms with Gasteiger partial charge in [0.1, 0.15) is 0 Å². The van der Waals surface area contributed by atoms with E-state index in [9.17, 15) is 9.59 Å². The summed E-state index contributed by atoms with van der Waals surface area (Å²) in [7, 11) is 0. The lowest BCUT2D eigenvalue weighted by Crippen LogP contribution is -2.44. The Labute approximate surface area is 166 Å². The van der Waals surface area contributed by atoms with Gasteiger partial charge in [0.05, 0.1) is 0 Å². The Balaban J connectivity index is 1.27. The van der Waals surface area contributed by atoms with Crippen LogP contribution in [0.25, 0.3) is 0 Å². The number of nitrogens with zero attached hydrogens (tertiary/aromatic N) is 1. The van der Waals surface area contributed by atoms with Crippen LogP contribution in [0.2, 0.25) is 0 Å². The van der Waals surface area contributed by atoms with E-state index in [2.05, 4.69) is 39.1 Å². The summed E-state index contributed by atoms with van der Waals surface area (Å²) in [4.78, 5) is 27.8. The molecule has 1 fully saturated rings. The van der Waals surface area contributed by atoms with E-state index in [4.69, 9.17) is 0 Å². The molecule has 1 aliphatic heterocycles. The normalized spacial score (nSPS) is 18.7. The maximum Gasteiger partial charge on any atom is 0.309 e. The van der Waals surface area contributed by atoms with Gasteiger partial charge in [-0.05, 0) is 75.4 Å². The molecule has 3 rings (SSSR count). The van der Waals surface area contributed by atoms with Gasteiger partial charge in [0.2, 0.25) is 0 Å². The Morgan fingerprint density at radius 3 is 2.67 bits per heavy atom. The van der Waals surface area contributed by atoms with Gasteiger partial charge < -0.3 is 10.6 Å². The number of nitrogens with one attached hydrogen (secondary N) is 2. The molecule has 2 amide bonds. The highest BCUT2D eigenvalue weighted by atomic mass is 32.1. The molecule has 5 nitrogen and oxygen atoms in total. The van der Waals surface area contributed by atoms with E-state index in [-0.39, 0.29) is 0 Å². The molecule has 0 bridgehead atoms. The van der Waals surface area contributed by atoms with Crippen LogP contribution in [0.3, 0.4) is 0 Å². The van der Waals surface area contributed by atoms with Crippen molar-refractivity contribution in [1.29, 1.82) is 0 Å². The molecule has 0 aromatic carbocycles. The monoisotopic (exact) mass is 389 g/mol. The average Bonchev–Trinajstić information content (AvgIpc) is 3.21. The fourth-order valence-corrected chi connectivity index (χ4v) is 4.58. The van der Waals surface area contributed by atoms with Gasteiger partial charge in [0.25, 0.3) is 0 Å². The Hall–Kier alpha value is -1.66. The van der Waals surface area contributed by atoms with Crippen LogP contribution in [0.4, 0.5) is 0 Å². The van der Waals surface area contributed by atoms with Crippen LogP contribution in [0.1, 0.15) is 49.8 Å². The first-order chi connectivity index (χ1) is 13.2. The Kier molecular flexibility index (Phi) is 7.90. The third-order valence-electron chi connectivity index (χ3n) is 5.54. The predicted octanol–water partition coefficient (Wildman–Crippen LogP) is 3.08. The van der Waals surface area contributed by atoms with Gasteiger partial charge in [-0.2, -0.15) is 0 Å². The predicted molar refractivity (Wildman–Crippen MR) is 110 cm³/mol. The summed E-state index contributed by atoms with van der Waals surface area (Å²) in [5.41, 5.74) is 1.41. The molecular weight excluding hydrogens is 358 g/mol. The van der Waals surface area contributed by atoms with Crippen molar-refractivity contribution in [3.8, 4) is 0 Å². The molecule has 6 heteroatoms. The first-order valence-electron chi connectivity index (χ1n) is 10.2. The molecule has 0 spiro atoms. The van der Waals surface area contributed by atoms with Gasteiger partial charge in [-0.15, -0.1) is 11.3 Å². The third kappa shape index (κ3) is 6.78. The van der Waals surface area contributed by atoms with E-state index >= 15 is 0 Å². The minimum Gasteiger partial charge on any atom is -0.348 e. The average molecular weight is 390 g/mol. The lowest BCUT2D eigenvalue weighted by molar-refractivity contribution is -0.139. The van der Waals surface area contributed by atoms with Crippen LogP contribution in [0, 0.1) is 5.92 Å². The maximum atomic E-state index is 12.0. The largest absolute Gasteiger partial charge is 0.348 e. The van der Waals surface area contributed by atoms with E-state index in [1.165, 1.54) is 23.3 Å². The van der Waals surface area contributed by atoms with E-state index in [1.54, 1.807) is 11.3 Å². The number of carbonyl (C=O) groups is 2. The number of hydrogen-bond acceptors (Lipinski definition) is 4. The van der Waals surface area contributed by atoms with Gasteiger partial charge in [0, 0.05) is 24.5 Å². The topological polar surface area (TPSA) is 61.4 Å². The fourth-order valence-electron chi connectivity index (χ4n) is 3.84. The standard InChI is InChI=1S/C21H31N3O2S/c25-20(22-11-8-17-5-2-1-3-6-17)21(26)23-15-18-9-12-24(13-10-18)16-19-7-4-14-27-19/h4-5,7,14,18H,1-3,6,8-13,15-16H2,(H,22,25)(H,23,26). The van der Waals surface area contributed by atoms with E-state index < -0.39 is 11.8 Å². The zero-order valence-corrected chi connectivity index (χ0v) is 16.9. The Morgan fingerprint density at radius 2 is 1.96 bits per heavy atom. The minimum atomic E-state index is -0.499. The summed E-state index contributed by atoms with van der Waals surface area (Å²) in [5, 5.41) is 7.69. The van der Waals surface area contributed by atoms with Crippen LogP contribution < -0.4 is 10.6 Å². The zero-order chi connectivity index (χ0) is 18.9. The highest BCUT2D eigenvalue weighted by molar-refractivity contribution is 7.09. The Bertz CT molecular complexity index is 634. The van der Waals surface area contributed by atoms with Crippen molar-refractivity contribution in [2.24, 2.45) is 5.92 Å². The second-order valence-corrected chi connectivity index (χ2v) is 8.66. The molecule has 0 unspecified atom stereocenters. The molecule has 0 atom stereocenters. The fraction of sp³-hybridized carbons (Fsp3) is 0.619. The molecule has 1 saturated heterocycles. The number of allylic oxidation sites excluding steroid dienone is 1. The van der Waals surface area contributed by atoms with Crippen LogP contribution in [-0.4, -0.2) is 42.9 Å². The second-order valence-electron chi connectivity index (χ2n) is 7.62. The molecule has 2 N–H and O–H groups in total. The quantitative estimate of drug-likeness (QED) is 0.556. The van der Waals surface area contributed by atoms with Gasteiger partial charge in [-0.3, -0.25) is 14.5 Å². The van der Waals surface area contributed by atoms with Gasteiger partial charge in [-0.1, -0.05) is 17.7 Å². The second kappa shape index (κ2) is 10.6. The van der Waals surface area contributed by atoms with E-state index in [0.717, 1.165) is 51.7 Å². The molecular formula is C21H31N3O2S. The summed E-state index contributed by atoms with van der Waals surface area (Å²) in [6.45, 7) is 4.29.